The lowest BCUT2D eigenvalue weighted by atomic mass is 10.1. The number of nitrogens with one attached hydrogen (secondary N) is 1. The Kier molecular flexibility index (Phi) is 4.40. The molecule has 0 aliphatic carbocycles. The number of rotatable bonds is 4. The highest BCUT2D eigenvalue weighted by Crippen LogP contribution is 2.13. The molecule has 0 saturated carbocycles. The number of piperidine rings is 1. The average molecular weight is 267 g/mol. The van der Waals surface area contributed by atoms with Crippen LogP contribution in [0.15, 0.2) is 24.3 Å². The van der Waals surface area contributed by atoms with Gasteiger partial charge in [0.25, 0.3) is 0 Å². The molecule has 0 aromatic heterocycles. The zero-order valence-electron chi connectivity index (χ0n) is 10.9. The van der Waals surface area contributed by atoms with E-state index in [1.807, 2.05) is 31.2 Å². The van der Waals surface area contributed by atoms with Crippen molar-refractivity contribution in [1.82, 2.24) is 5.32 Å². The van der Waals surface area contributed by atoms with Gasteiger partial charge in [0.2, 0.25) is 0 Å². The van der Waals surface area contributed by atoms with Gasteiger partial charge in [-0.3, -0.25) is 0 Å². The van der Waals surface area contributed by atoms with Crippen LogP contribution in [0.4, 0.5) is 0 Å². The largest absolute Gasteiger partial charge is 0.313 e. The first-order valence-corrected chi connectivity index (χ1v) is 8.37. The fourth-order valence-electron chi connectivity index (χ4n) is 2.49. The highest BCUT2D eigenvalue weighted by Gasteiger charge is 2.21. The summed E-state index contributed by atoms with van der Waals surface area (Å²) in [6.07, 6.45) is 3.28. The standard InChI is InChI=1S/C14H21NO2S/c1-12-5-4-6-13(9-12)10-18(16,17)11-14-7-2-3-8-15-14/h4-6,9,14-15H,2-3,7-8,10-11H2,1H3. The van der Waals surface area contributed by atoms with Gasteiger partial charge in [-0.15, -0.1) is 0 Å². The van der Waals surface area contributed by atoms with E-state index in [1.165, 1.54) is 0 Å². The Morgan fingerprint density at radius 3 is 2.83 bits per heavy atom. The first kappa shape index (κ1) is 13.6. The van der Waals surface area contributed by atoms with E-state index in [0.29, 0.717) is 0 Å². The molecule has 1 fully saturated rings. The van der Waals surface area contributed by atoms with Gasteiger partial charge in [-0.1, -0.05) is 36.2 Å². The molecule has 1 atom stereocenters. The average Bonchev–Trinajstić information content (AvgIpc) is 2.28. The molecule has 0 spiro atoms. The monoisotopic (exact) mass is 267 g/mol. The number of hydrogen-bond acceptors (Lipinski definition) is 3. The number of benzene rings is 1. The molecule has 1 unspecified atom stereocenters. The van der Waals surface area contributed by atoms with Crippen LogP contribution in [0.1, 0.15) is 30.4 Å². The normalized spacial score (nSPS) is 20.8. The Morgan fingerprint density at radius 2 is 2.17 bits per heavy atom. The van der Waals surface area contributed by atoms with Crippen LogP contribution < -0.4 is 5.32 Å². The highest BCUT2D eigenvalue weighted by molar-refractivity contribution is 7.90. The smallest absolute Gasteiger partial charge is 0.155 e. The minimum Gasteiger partial charge on any atom is -0.313 e. The topological polar surface area (TPSA) is 46.2 Å². The van der Waals surface area contributed by atoms with E-state index < -0.39 is 9.84 Å². The van der Waals surface area contributed by atoms with Crippen molar-refractivity contribution in [3.63, 3.8) is 0 Å². The molecule has 1 aliphatic rings. The molecular formula is C14H21NO2S. The second kappa shape index (κ2) is 5.85. The Bertz CT molecular complexity index is 490. The van der Waals surface area contributed by atoms with E-state index in [9.17, 15) is 8.42 Å². The van der Waals surface area contributed by atoms with Crippen molar-refractivity contribution in [2.75, 3.05) is 12.3 Å². The number of aryl methyl sites for hydroxylation is 1. The molecule has 18 heavy (non-hydrogen) atoms. The van der Waals surface area contributed by atoms with Gasteiger partial charge in [-0.2, -0.15) is 0 Å². The zero-order valence-corrected chi connectivity index (χ0v) is 11.7. The molecule has 100 valence electrons. The van der Waals surface area contributed by atoms with Crippen molar-refractivity contribution in [2.24, 2.45) is 0 Å². The Morgan fingerprint density at radius 1 is 1.33 bits per heavy atom. The van der Waals surface area contributed by atoms with Crippen LogP contribution in [0.3, 0.4) is 0 Å². The summed E-state index contributed by atoms with van der Waals surface area (Å²) in [6.45, 7) is 2.93. The lowest BCUT2D eigenvalue weighted by Gasteiger charge is -2.23. The summed E-state index contributed by atoms with van der Waals surface area (Å²) >= 11 is 0. The maximum absolute atomic E-state index is 12.1. The van der Waals surface area contributed by atoms with Crippen LogP contribution in [0.5, 0.6) is 0 Å². The number of sulfone groups is 1. The summed E-state index contributed by atoms with van der Waals surface area (Å²) in [5, 5.41) is 3.29. The summed E-state index contributed by atoms with van der Waals surface area (Å²) in [4.78, 5) is 0. The second-order valence-electron chi connectivity index (χ2n) is 5.19. The molecule has 2 rings (SSSR count). The van der Waals surface area contributed by atoms with E-state index in [-0.39, 0.29) is 17.5 Å². The molecule has 1 N–H and O–H groups in total. The van der Waals surface area contributed by atoms with Gasteiger partial charge in [-0.05, 0) is 31.9 Å². The summed E-state index contributed by atoms with van der Waals surface area (Å²) in [7, 11) is -3.01. The maximum atomic E-state index is 12.1. The van der Waals surface area contributed by atoms with Crippen molar-refractivity contribution in [3.05, 3.63) is 35.4 Å². The highest BCUT2D eigenvalue weighted by atomic mass is 32.2. The first-order chi connectivity index (χ1) is 8.55. The molecule has 1 aromatic carbocycles. The maximum Gasteiger partial charge on any atom is 0.155 e. The minimum absolute atomic E-state index is 0.147. The second-order valence-corrected chi connectivity index (χ2v) is 7.30. The quantitative estimate of drug-likeness (QED) is 0.908. The summed E-state index contributed by atoms with van der Waals surface area (Å²) in [6, 6.07) is 7.89. The third-order valence-electron chi connectivity index (χ3n) is 3.34. The van der Waals surface area contributed by atoms with Crippen molar-refractivity contribution < 1.29 is 8.42 Å². The molecule has 0 amide bonds. The fraction of sp³-hybridized carbons (Fsp3) is 0.571. The van der Waals surface area contributed by atoms with Crippen LogP contribution in [-0.4, -0.2) is 26.8 Å². The summed E-state index contributed by atoms with van der Waals surface area (Å²) in [5.74, 6) is 0.424. The molecule has 4 heteroatoms. The van der Waals surface area contributed by atoms with Gasteiger partial charge >= 0.3 is 0 Å². The van der Waals surface area contributed by atoms with E-state index in [1.54, 1.807) is 0 Å². The third-order valence-corrected chi connectivity index (χ3v) is 5.02. The fourth-order valence-corrected chi connectivity index (χ4v) is 4.19. The molecule has 1 aromatic rings. The Hall–Kier alpha value is -0.870. The van der Waals surface area contributed by atoms with Crippen molar-refractivity contribution >= 4 is 9.84 Å². The number of hydrogen-bond donors (Lipinski definition) is 1. The van der Waals surface area contributed by atoms with Gasteiger partial charge in [0.1, 0.15) is 0 Å². The van der Waals surface area contributed by atoms with Gasteiger partial charge in [0, 0.05) is 6.04 Å². The lowest BCUT2D eigenvalue weighted by Crippen LogP contribution is -2.39. The summed E-state index contributed by atoms with van der Waals surface area (Å²) in [5.41, 5.74) is 2.00. The van der Waals surface area contributed by atoms with Crippen LogP contribution in [0, 0.1) is 6.92 Å². The molecule has 1 heterocycles. The van der Waals surface area contributed by atoms with E-state index >= 15 is 0 Å². The van der Waals surface area contributed by atoms with Crippen LogP contribution >= 0.6 is 0 Å². The van der Waals surface area contributed by atoms with Gasteiger partial charge in [0.15, 0.2) is 9.84 Å². The molecular weight excluding hydrogens is 246 g/mol. The first-order valence-electron chi connectivity index (χ1n) is 6.54. The van der Waals surface area contributed by atoms with Gasteiger partial charge < -0.3 is 5.32 Å². The minimum atomic E-state index is -3.01. The van der Waals surface area contributed by atoms with E-state index in [2.05, 4.69) is 5.32 Å². The van der Waals surface area contributed by atoms with Gasteiger partial charge in [0.05, 0.1) is 11.5 Å². The molecule has 0 bridgehead atoms. The Balaban J connectivity index is 1.98. The molecule has 0 radical (unpaired) electrons. The van der Waals surface area contributed by atoms with Crippen LogP contribution in [0.25, 0.3) is 0 Å². The molecule has 1 saturated heterocycles. The predicted octanol–water partition coefficient (Wildman–Crippen LogP) is 2.05. The molecule has 3 nitrogen and oxygen atoms in total. The van der Waals surface area contributed by atoms with Crippen LogP contribution in [0.2, 0.25) is 0 Å². The Labute approximate surface area is 110 Å². The van der Waals surface area contributed by atoms with Crippen molar-refractivity contribution in [1.29, 1.82) is 0 Å². The van der Waals surface area contributed by atoms with E-state index in [0.717, 1.165) is 36.9 Å². The van der Waals surface area contributed by atoms with E-state index in [4.69, 9.17) is 0 Å². The zero-order chi connectivity index (χ0) is 13.0. The SMILES string of the molecule is Cc1cccc(CS(=O)(=O)CC2CCCCN2)c1. The van der Waals surface area contributed by atoms with Crippen LogP contribution in [-0.2, 0) is 15.6 Å². The predicted molar refractivity (Wildman–Crippen MR) is 74.3 cm³/mol. The lowest BCUT2D eigenvalue weighted by molar-refractivity contribution is 0.423. The van der Waals surface area contributed by atoms with Crippen molar-refractivity contribution in [3.8, 4) is 0 Å². The van der Waals surface area contributed by atoms with Gasteiger partial charge in [-0.25, -0.2) is 8.42 Å². The van der Waals surface area contributed by atoms with Crippen molar-refractivity contribution in [2.45, 2.75) is 38.0 Å². The molecule has 1 aliphatic heterocycles. The summed E-state index contributed by atoms with van der Waals surface area (Å²) < 4.78 is 24.3. The third kappa shape index (κ3) is 4.10.